The zero-order valence-corrected chi connectivity index (χ0v) is 18.4. The fraction of sp³-hybridized carbons (Fsp3) is 0.385. The summed E-state index contributed by atoms with van der Waals surface area (Å²) < 4.78 is 35.8. The summed E-state index contributed by atoms with van der Waals surface area (Å²) in [4.78, 5) is 27.0. The van der Waals surface area contributed by atoms with Gasteiger partial charge in [0, 0.05) is 17.7 Å². The Labute approximate surface area is 190 Å². The molecule has 7 heteroatoms. The Morgan fingerprint density at radius 3 is 2.61 bits per heavy atom. The van der Waals surface area contributed by atoms with Gasteiger partial charge in [0.25, 0.3) is 11.5 Å². The number of nitrogens with zero attached hydrogens (tertiary/aromatic N) is 1. The van der Waals surface area contributed by atoms with Crippen molar-refractivity contribution in [3.8, 4) is 0 Å². The molecule has 2 fully saturated rings. The highest BCUT2D eigenvalue weighted by atomic mass is 19.1. The Hall–Kier alpha value is -3.06. The number of hydrogen-bond acceptors (Lipinski definition) is 3. The van der Waals surface area contributed by atoms with Gasteiger partial charge in [0.05, 0.1) is 29.6 Å². The molecule has 33 heavy (non-hydrogen) atoms. The quantitative estimate of drug-likeness (QED) is 0.604. The summed E-state index contributed by atoms with van der Waals surface area (Å²) in [7, 11) is 0. The second-order valence-corrected chi connectivity index (χ2v) is 9.01. The van der Waals surface area contributed by atoms with E-state index in [9.17, 15) is 18.4 Å². The molecule has 2 aromatic carbocycles. The first-order valence-electron chi connectivity index (χ1n) is 11.4. The number of amides is 1. The highest BCUT2D eigenvalue weighted by Crippen LogP contribution is 2.38. The summed E-state index contributed by atoms with van der Waals surface area (Å²) in [6, 6.07) is 10.0. The molecule has 2 aliphatic rings. The molecule has 0 bridgehead atoms. The van der Waals surface area contributed by atoms with E-state index < -0.39 is 17.3 Å². The van der Waals surface area contributed by atoms with Crippen LogP contribution in [0.4, 0.5) is 8.78 Å². The lowest BCUT2D eigenvalue weighted by atomic mass is 9.77. The molecule has 1 aliphatic carbocycles. The Morgan fingerprint density at radius 2 is 1.94 bits per heavy atom. The lowest BCUT2D eigenvalue weighted by Gasteiger charge is -2.35. The molecule has 1 saturated carbocycles. The van der Waals surface area contributed by atoms with Gasteiger partial charge in [-0.3, -0.25) is 9.59 Å². The van der Waals surface area contributed by atoms with E-state index in [2.05, 4.69) is 5.32 Å². The summed E-state index contributed by atoms with van der Waals surface area (Å²) in [5, 5.41) is 3.29. The van der Waals surface area contributed by atoms with Crippen LogP contribution in [-0.2, 0) is 4.74 Å². The van der Waals surface area contributed by atoms with Crippen LogP contribution in [-0.4, -0.2) is 23.7 Å². The molecule has 1 N–H and O–H groups in total. The maximum absolute atomic E-state index is 14.8. The van der Waals surface area contributed by atoms with Gasteiger partial charge in [-0.05, 0) is 55.9 Å². The molecule has 0 spiro atoms. The topological polar surface area (TPSA) is 60.3 Å². The Kier molecular flexibility index (Phi) is 5.74. The number of benzene rings is 2. The van der Waals surface area contributed by atoms with Crippen molar-refractivity contribution in [3.05, 3.63) is 81.3 Å². The van der Waals surface area contributed by atoms with E-state index in [1.165, 1.54) is 28.8 Å². The maximum Gasteiger partial charge on any atom is 0.261 e. The van der Waals surface area contributed by atoms with E-state index in [-0.39, 0.29) is 40.2 Å². The second-order valence-electron chi connectivity index (χ2n) is 9.01. The standard InChI is InChI=1S/C26H26F2N2O3/c1-15-22(25(31)29-24(16-5-2-6-16)17-7-3-8-18(27)13-17)20-9-4-10-21(28)23(20)26(32)30(15)19-11-12-33-14-19/h3-4,7-10,13,16,19,24H,2,5-6,11-12,14H2,1H3,(H,29,31)/t19-,24+/m1/s1. The molecular formula is C26H26F2N2O3. The van der Waals surface area contributed by atoms with Crippen LogP contribution in [0.25, 0.3) is 10.8 Å². The molecule has 1 amide bonds. The largest absolute Gasteiger partial charge is 0.379 e. The van der Waals surface area contributed by atoms with E-state index in [1.54, 1.807) is 19.1 Å². The molecule has 0 unspecified atom stereocenters. The monoisotopic (exact) mass is 452 g/mol. The summed E-state index contributed by atoms with van der Waals surface area (Å²) in [6.07, 6.45) is 3.56. The predicted octanol–water partition coefficient (Wildman–Crippen LogP) is 4.82. The molecule has 2 atom stereocenters. The summed E-state index contributed by atoms with van der Waals surface area (Å²) in [5.41, 5.74) is 1.02. The molecule has 2 heterocycles. The van der Waals surface area contributed by atoms with Crippen LogP contribution in [0.3, 0.4) is 0 Å². The molecule has 5 nitrogen and oxygen atoms in total. The third kappa shape index (κ3) is 3.84. The van der Waals surface area contributed by atoms with Gasteiger partial charge in [-0.1, -0.05) is 30.7 Å². The fourth-order valence-corrected chi connectivity index (χ4v) is 5.15. The highest BCUT2D eigenvalue weighted by Gasteiger charge is 2.32. The number of pyridine rings is 1. The van der Waals surface area contributed by atoms with E-state index in [4.69, 9.17) is 4.74 Å². The molecule has 1 aliphatic heterocycles. The van der Waals surface area contributed by atoms with Gasteiger partial charge in [0.15, 0.2) is 0 Å². The van der Waals surface area contributed by atoms with Crippen LogP contribution in [0.1, 0.15) is 59.4 Å². The van der Waals surface area contributed by atoms with Crippen molar-refractivity contribution in [1.29, 1.82) is 0 Å². The third-order valence-corrected chi connectivity index (χ3v) is 7.05. The van der Waals surface area contributed by atoms with Gasteiger partial charge < -0.3 is 14.6 Å². The number of nitrogens with one attached hydrogen (secondary N) is 1. The van der Waals surface area contributed by atoms with Gasteiger partial charge in [0.2, 0.25) is 0 Å². The highest BCUT2D eigenvalue weighted by molar-refractivity contribution is 6.08. The van der Waals surface area contributed by atoms with Crippen LogP contribution in [0.15, 0.2) is 47.3 Å². The number of halogens is 2. The molecule has 5 rings (SSSR count). The first-order chi connectivity index (χ1) is 16.0. The normalized spacial score (nSPS) is 19.4. The average molecular weight is 453 g/mol. The van der Waals surface area contributed by atoms with Crippen LogP contribution in [0.2, 0.25) is 0 Å². The van der Waals surface area contributed by atoms with E-state index in [0.717, 1.165) is 19.3 Å². The van der Waals surface area contributed by atoms with Gasteiger partial charge in [0.1, 0.15) is 11.6 Å². The Balaban J connectivity index is 1.63. The summed E-state index contributed by atoms with van der Waals surface area (Å²) in [5.74, 6) is -1.20. The smallest absolute Gasteiger partial charge is 0.261 e. The first kappa shape index (κ1) is 21.8. The molecule has 1 aromatic heterocycles. The van der Waals surface area contributed by atoms with Crippen molar-refractivity contribution < 1.29 is 18.3 Å². The van der Waals surface area contributed by atoms with Crippen LogP contribution < -0.4 is 10.9 Å². The van der Waals surface area contributed by atoms with Crippen molar-refractivity contribution in [1.82, 2.24) is 9.88 Å². The Morgan fingerprint density at radius 1 is 1.15 bits per heavy atom. The minimum Gasteiger partial charge on any atom is -0.379 e. The van der Waals surface area contributed by atoms with Gasteiger partial charge >= 0.3 is 0 Å². The Bertz CT molecular complexity index is 1280. The number of ether oxygens (including phenoxy) is 1. The van der Waals surface area contributed by atoms with E-state index >= 15 is 0 Å². The molecule has 0 radical (unpaired) electrons. The molecule has 1 saturated heterocycles. The summed E-state index contributed by atoms with van der Waals surface area (Å²) in [6.45, 7) is 2.58. The zero-order chi connectivity index (χ0) is 23.1. The fourth-order valence-electron chi connectivity index (χ4n) is 5.15. The van der Waals surface area contributed by atoms with Crippen LogP contribution in [0.5, 0.6) is 0 Å². The third-order valence-electron chi connectivity index (χ3n) is 7.05. The van der Waals surface area contributed by atoms with Crippen molar-refractivity contribution >= 4 is 16.7 Å². The number of hydrogen-bond donors (Lipinski definition) is 1. The van der Waals surface area contributed by atoms with Gasteiger partial charge in [-0.2, -0.15) is 0 Å². The molecule has 3 aromatic rings. The van der Waals surface area contributed by atoms with Crippen molar-refractivity contribution in [3.63, 3.8) is 0 Å². The lowest BCUT2D eigenvalue weighted by Crippen LogP contribution is -2.38. The number of carbonyl (C=O) groups is 1. The first-order valence-corrected chi connectivity index (χ1v) is 11.4. The van der Waals surface area contributed by atoms with Crippen LogP contribution in [0, 0.1) is 24.5 Å². The maximum atomic E-state index is 14.8. The van der Waals surface area contributed by atoms with E-state index in [1.807, 2.05) is 6.07 Å². The SMILES string of the molecule is Cc1c(C(=O)N[C@H](c2cccc(F)c2)C2CCC2)c2cccc(F)c2c(=O)n1[C@@H]1CCOC1. The predicted molar refractivity (Wildman–Crippen MR) is 121 cm³/mol. The van der Waals surface area contributed by atoms with Crippen molar-refractivity contribution in [2.75, 3.05) is 13.2 Å². The van der Waals surface area contributed by atoms with Crippen molar-refractivity contribution in [2.24, 2.45) is 5.92 Å². The lowest BCUT2D eigenvalue weighted by molar-refractivity contribution is 0.0900. The number of rotatable bonds is 5. The molecule has 172 valence electrons. The number of carbonyl (C=O) groups excluding carboxylic acids is 1. The van der Waals surface area contributed by atoms with Gasteiger partial charge in [-0.25, -0.2) is 8.78 Å². The van der Waals surface area contributed by atoms with Crippen LogP contribution >= 0.6 is 0 Å². The number of aromatic nitrogens is 1. The average Bonchev–Trinajstić information content (AvgIpc) is 3.26. The van der Waals surface area contributed by atoms with Crippen molar-refractivity contribution in [2.45, 2.75) is 44.7 Å². The number of fused-ring (bicyclic) bond motifs is 1. The molecular weight excluding hydrogens is 426 g/mol. The van der Waals surface area contributed by atoms with E-state index in [0.29, 0.717) is 30.9 Å². The second kappa shape index (κ2) is 8.71. The minimum atomic E-state index is -0.653. The van der Waals surface area contributed by atoms with Gasteiger partial charge in [-0.15, -0.1) is 0 Å². The zero-order valence-electron chi connectivity index (χ0n) is 18.4. The summed E-state index contributed by atoms with van der Waals surface area (Å²) >= 11 is 0. The minimum absolute atomic E-state index is 0.0916.